The summed E-state index contributed by atoms with van der Waals surface area (Å²) in [5.74, 6) is -0.305. The first kappa shape index (κ1) is 23.0. The third kappa shape index (κ3) is 5.48. The quantitative estimate of drug-likeness (QED) is 0.691. The van der Waals surface area contributed by atoms with Gasteiger partial charge in [0.25, 0.3) is 0 Å². The molecule has 0 amide bonds. The molecule has 4 nitrogen and oxygen atoms in total. The fourth-order valence-corrected chi connectivity index (χ4v) is 5.30. The number of ketones is 1. The van der Waals surface area contributed by atoms with Crippen LogP contribution in [0.1, 0.15) is 54.4 Å². The molecule has 1 fully saturated rings. The highest BCUT2D eigenvalue weighted by Crippen LogP contribution is 2.42. The lowest BCUT2D eigenvalue weighted by atomic mass is 9.85. The topological polar surface area (TPSA) is 55.8 Å². The molecule has 6 heteroatoms. The van der Waals surface area contributed by atoms with E-state index in [9.17, 15) is 9.90 Å². The van der Waals surface area contributed by atoms with E-state index in [0.29, 0.717) is 12.8 Å². The van der Waals surface area contributed by atoms with Gasteiger partial charge in [0.05, 0.1) is 6.61 Å². The average Bonchev–Trinajstić information content (AvgIpc) is 2.38. The van der Waals surface area contributed by atoms with Gasteiger partial charge in [-0.15, -0.1) is 0 Å². The van der Waals surface area contributed by atoms with Crippen molar-refractivity contribution in [1.29, 1.82) is 0 Å². The van der Waals surface area contributed by atoms with Crippen molar-refractivity contribution >= 4 is 22.4 Å². The summed E-state index contributed by atoms with van der Waals surface area (Å²) in [6.07, 6.45) is 0.778. The van der Waals surface area contributed by atoms with Crippen LogP contribution in [0.4, 0.5) is 0 Å². The van der Waals surface area contributed by atoms with Crippen molar-refractivity contribution in [1.82, 2.24) is 0 Å². The standard InChI is InChI=1S/C19H40O4Si2/c1-18(2,3)24(7,8)22-15-11-14(13-20)17(21)16(12-15)23-25(9,10)19(4,5)6/h14-16,20H,11-13H2,1-10H3/t14-,15+,16-/m0/s1. The van der Waals surface area contributed by atoms with Gasteiger partial charge < -0.3 is 14.0 Å². The van der Waals surface area contributed by atoms with Crippen LogP contribution in [0.2, 0.25) is 36.3 Å². The molecule has 0 aromatic rings. The Morgan fingerprint density at radius 3 is 1.76 bits per heavy atom. The van der Waals surface area contributed by atoms with Gasteiger partial charge in [0, 0.05) is 18.4 Å². The molecule has 0 aliphatic heterocycles. The largest absolute Gasteiger partial charge is 0.414 e. The molecule has 148 valence electrons. The molecule has 1 rings (SSSR count). The predicted molar refractivity (Wildman–Crippen MR) is 109 cm³/mol. The monoisotopic (exact) mass is 388 g/mol. The Labute approximate surface area is 156 Å². The van der Waals surface area contributed by atoms with Crippen molar-refractivity contribution < 1.29 is 18.8 Å². The van der Waals surface area contributed by atoms with E-state index in [2.05, 4.69) is 67.7 Å². The molecule has 0 saturated heterocycles. The van der Waals surface area contributed by atoms with E-state index in [0.717, 1.165) is 0 Å². The van der Waals surface area contributed by atoms with Crippen LogP contribution in [0.3, 0.4) is 0 Å². The molecule has 0 aromatic carbocycles. The Hall–Kier alpha value is -0.0162. The second kappa shape index (κ2) is 7.54. The highest BCUT2D eigenvalue weighted by Gasteiger charge is 2.47. The molecule has 1 aliphatic carbocycles. The molecule has 0 radical (unpaired) electrons. The van der Waals surface area contributed by atoms with E-state index in [1.807, 2.05) is 0 Å². The summed E-state index contributed by atoms with van der Waals surface area (Å²) in [6, 6.07) is 0. The fourth-order valence-electron chi connectivity index (χ4n) is 2.64. The summed E-state index contributed by atoms with van der Waals surface area (Å²) in [7, 11) is -3.97. The minimum atomic E-state index is -2.05. The van der Waals surface area contributed by atoms with Gasteiger partial charge in [-0.3, -0.25) is 4.79 Å². The lowest BCUT2D eigenvalue weighted by Crippen LogP contribution is -2.53. The number of aliphatic hydroxyl groups is 1. The first-order chi connectivity index (χ1) is 11.0. The van der Waals surface area contributed by atoms with E-state index < -0.39 is 22.7 Å². The van der Waals surface area contributed by atoms with Crippen molar-refractivity contribution in [2.24, 2.45) is 5.92 Å². The van der Waals surface area contributed by atoms with Gasteiger partial charge in [0.2, 0.25) is 0 Å². The van der Waals surface area contributed by atoms with E-state index in [4.69, 9.17) is 8.85 Å². The number of rotatable bonds is 5. The summed E-state index contributed by atoms with van der Waals surface area (Å²) in [5, 5.41) is 9.88. The Morgan fingerprint density at radius 1 is 0.920 bits per heavy atom. The molecule has 1 saturated carbocycles. The highest BCUT2D eigenvalue weighted by molar-refractivity contribution is 6.74. The van der Waals surface area contributed by atoms with Crippen LogP contribution in [0, 0.1) is 5.92 Å². The third-order valence-electron chi connectivity index (χ3n) is 6.48. The zero-order valence-electron chi connectivity index (χ0n) is 18.0. The molecule has 0 heterocycles. The number of Topliss-reactive ketones (excluding diaryl/α,β-unsaturated/α-hetero) is 1. The van der Waals surface area contributed by atoms with Crippen LogP contribution in [0.15, 0.2) is 0 Å². The Kier molecular flexibility index (Phi) is 6.95. The van der Waals surface area contributed by atoms with Gasteiger partial charge in [0.1, 0.15) is 6.10 Å². The average molecular weight is 389 g/mol. The molecule has 0 bridgehead atoms. The smallest absolute Gasteiger partial charge is 0.193 e. The van der Waals surface area contributed by atoms with Gasteiger partial charge in [-0.1, -0.05) is 41.5 Å². The third-order valence-corrected chi connectivity index (χ3v) is 15.5. The van der Waals surface area contributed by atoms with Crippen molar-refractivity contribution in [3.63, 3.8) is 0 Å². The molecular weight excluding hydrogens is 348 g/mol. The summed E-state index contributed by atoms with van der Waals surface area (Å²) >= 11 is 0. The second-order valence-corrected chi connectivity index (χ2v) is 20.1. The summed E-state index contributed by atoms with van der Waals surface area (Å²) in [6.45, 7) is 21.9. The molecule has 0 unspecified atom stereocenters. The van der Waals surface area contributed by atoms with E-state index in [1.165, 1.54) is 0 Å². The minimum Gasteiger partial charge on any atom is -0.414 e. The first-order valence-electron chi connectivity index (χ1n) is 9.52. The number of carbonyl (C=O) groups is 1. The maximum Gasteiger partial charge on any atom is 0.193 e. The van der Waals surface area contributed by atoms with Gasteiger partial charge >= 0.3 is 0 Å². The maximum absolute atomic E-state index is 12.8. The molecule has 0 spiro atoms. The van der Waals surface area contributed by atoms with E-state index in [-0.39, 0.29) is 34.5 Å². The second-order valence-electron chi connectivity index (χ2n) is 10.6. The summed E-state index contributed by atoms with van der Waals surface area (Å²) in [5.41, 5.74) is 0. The molecule has 25 heavy (non-hydrogen) atoms. The molecule has 3 atom stereocenters. The van der Waals surface area contributed by atoms with Crippen LogP contribution in [-0.4, -0.2) is 46.3 Å². The van der Waals surface area contributed by atoms with Crippen LogP contribution in [0.25, 0.3) is 0 Å². The maximum atomic E-state index is 12.8. The van der Waals surface area contributed by atoms with E-state index >= 15 is 0 Å². The number of aliphatic hydroxyl groups excluding tert-OH is 1. The van der Waals surface area contributed by atoms with Crippen LogP contribution < -0.4 is 0 Å². The Balaban J connectivity index is 2.98. The van der Waals surface area contributed by atoms with Crippen LogP contribution >= 0.6 is 0 Å². The lowest BCUT2D eigenvalue weighted by molar-refractivity contribution is -0.138. The number of hydrogen-bond acceptors (Lipinski definition) is 4. The molecule has 0 aromatic heterocycles. The first-order valence-corrected chi connectivity index (χ1v) is 15.3. The Morgan fingerprint density at radius 2 is 1.36 bits per heavy atom. The fraction of sp³-hybridized carbons (Fsp3) is 0.947. The van der Waals surface area contributed by atoms with Crippen molar-refractivity contribution in [3.05, 3.63) is 0 Å². The zero-order valence-corrected chi connectivity index (χ0v) is 20.0. The molecule has 1 aliphatic rings. The van der Waals surface area contributed by atoms with Crippen molar-refractivity contribution in [3.8, 4) is 0 Å². The van der Waals surface area contributed by atoms with Gasteiger partial charge in [0.15, 0.2) is 22.4 Å². The normalized spacial score (nSPS) is 26.8. The number of hydrogen-bond donors (Lipinski definition) is 1. The Bertz CT molecular complexity index is 475. The zero-order chi connectivity index (χ0) is 19.8. The predicted octanol–water partition coefficient (Wildman–Crippen LogP) is 4.74. The molecule has 1 N–H and O–H groups in total. The minimum absolute atomic E-state index is 0.00879. The lowest BCUT2D eigenvalue weighted by Gasteiger charge is -2.45. The van der Waals surface area contributed by atoms with Gasteiger partial charge in [-0.25, -0.2) is 0 Å². The van der Waals surface area contributed by atoms with Crippen molar-refractivity contribution in [2.45, 2.75) is 103 Å². The summed E-state index contributed by atoms with van der Waals surface area (Å²) < 4.78 is 13.0. The van der Waals surface area contributed by atoms with Crippen molar-refractivity contribution in [2.75, 3.05) is 6.61 Å². The summed E-state index contributed by atoms with van der Waals surface area (Å²) in [4.78, 5) is 12.8. The number of carbonyl (C=O) groups excluding carboxylic acids is 1. The van der Waals surface area contributed by atoms with Crippen LogP contribution in [0.5, 0.6) is 0 Å². The highest BCUT2D eigenvalue weighted by atomic mass is 28.4. The molecular formula is C19H40O4Si2. The van der Waals surface area contributed by atoms with Gasteiger partial charge in [-0.05, 0) is 42.7 Å². The van der Waals surface area contributed by atoms with Gasteiger partial charge in [-0.2, -0.15) is 0 Å². The SMILES string of the molecule is CC(C)(C)[Si](C)(C)O[C@@H]1C[C@@H](CO)C(=O)[C@@H](O[Si](C)(C)C(C)(C)C)C1. The van der Waals surface area contributed by atoms with Crippen LogP contribution in [-0.2, 0) is 13.6 Å². The van der Waals surface area contributed by atoms with E-state index in [1.54, 1.807) is 0 Å².